The first-order chi connectivity index (χ1) is 12.8. The minimum Gasteiger partial charge on any atom is -0.494 e. The Balaban J connectivity index is 1.70. The second kappa shape index (κ2) is 13.0. The van der Waals surface area contributed by atoms with Crippen LogP contribution in [0.4, 0.5) is 0 Å². The number of allylic oxidation sites excluding steroid dienone is 2. The van der Waals surface area contributed by atoms with Crippen LogP contribution in [0.25, 0.3) is 0 Å². The van der Waals surface area contributed by atoms with Crippen molar-refractivity contribution in [1.29, 1.82) is 0 Å². The smallest absolute Gasteiger partial charge is 0.119 e. The van der Waals surface area contributed by atoms with Gasteiger partial charge in [-0.25, -0.2) is 0 Å². The number of hydrogen-bond acceptors (Lipinski definition) is 1. The zero-order valence-electron chi connectivity index (χ0n) is 17.2. The normalized spacial score (nSPS) is 18.4. The van der Waals surface area contributed by atoms with Crippen LogP contribution in [0.2, 0.25) is 0 Å². The molecule has 146 valence electrons. The lowest BCUT2D eigenvalue weighted by Crippen LogP contribution is -2.13. The zero-order chi connectivity index (χ0) is 18.5. The SMILES string of the molecule is CCCCCCC1CC=C(C(CCC)CCCOc2ccccc2)CC1. The van der Waals surface area contributed by atoms with Gasteiger partial charge in [0.05, 0.1) is 6.61 Å². The van der Waals surface area contributed by atoms with Crippen molar-refractivity contribution < 1.29 is 4.74 Å². The van der Waals surface area contributed by atoms with Crippen LogP contribution in [0.15, 0.2) is 42.0 Å². The van der Waals surface area contributed by atoms with Crippen LogP contribution >= 0.6 is 0 Å². The predicted octanol–water partition coefficient (Wildman–Crippen LogP) is 7.96. The Morgan fingerprint density at radius 1 is 0.962 bits per heavy atom. The Morgan fingerprint density at radius 3 is 2.50 bits per heavy atom. The molecule has 2 atom stereocenters. The minimum absolute atomic E-state index is 0.792. The molecule has 0 N–H and O–H groups in total. The van der Waals surface area contributed by atoms with Gasteiger partial charge in [0, 0.05) is 0 Å². The molecule has 0 saturated heterocycles. The maximum Gasteiger partial charge on any atom is 0.119 e. The van der Waals surface area contributed by atoms with Crippen molar-refractivity contribution in [2.75, 3.05) is 6.61 Å². The molecule has 2 rings (SSSR count). The standard InChI is InChI=1S/C25H40O/c1-3-5-6-8-13-22-17-19-24(20-18-22)23(12-4-2)14-11-21-26-25-15-9-7-10-16-25/h7,9-10,15-16,19,22-23H,3-6,8,11-14,17-18,20-21H2,1-2H3. The second-order valence-corrected chi connectivity index (χ2v) is 8.06. The lowest BCUT2D eigenvalue weighted by Gasteiger charge is -2.27. The van der Waals surface area contributed by atoms with Crippen LogP contribution in [-0.2, 0) is 0 Å². The largest absolute Gasteiger partial charge is 0.494 e. The van der Waals surface area contributed by atoms with E-state index in [9.17, 15) is 0 Å². The molecular weight excluding hydrogens is 316 g/mol. The second-order valence-electron chi connectivity index (χ2n) is 8.06. The van der Waals surface area contributed by atoms with Gasteiger partial charge in [0.1, 0.15) is 5.75 Å². The number of para-hydroxylation sites is 1. The van der Waals surface area contributed by atoms with Gasteiger partial charge in [-0.2, -0.15) is 0 Å². The summed E-state index contributed by atoms with van der Waals surface area (Å²) in [6.07, 6.45) is 18.9. The van der Waals surface area contributed by atoms with E-state index in [1.807, 2.05) is 30.3 Å². The van der Waals surface area contributed by atoms with E-state index in [1.165, 1.54) is 70.6 Å². The molecule has 0 bridgehead atoms. The van der Waals surface area contributed by atoms with E-state index in [0.717, 1.165) is 30.6 Å². The van der Waals surface area contributed by atoms with E-state index in [1.54, 1.807) is 5.57 Å². The molecule has 0 radical (unpaired) electrons. The highest BCUT2D eigenvalue weighted by Gasteiger charge is 2.20. The van der Waals surface area contributed by atoms with Gasteiger partial charge in [0.2, 0.25) is 0 Å². The van der Waals surface area contributed by atoms with E-state index >= 15 is 0 Å². The van der Waals surface area contributed by atoms with Crippen molar-refractivity contribution in [3.8, 4) is 5.75 Å². The molecule has 1 aromatic carbocycles. The Morgan fingerprint density at radius 2 is 1.81 bits per heavy atom. The number of rotatable bonds is 13. The molecule has 1 aliphatic rings. The maximum absolute atomic E-state index is 5.88. The zero-order valence-corrected chi connectivity index (χ0v) is 17.2. The fraction of sp³-hybridized carbons (Fsp3) is 0.680. The third kappa shape index (κ3) is 7.98. The Hall–Kier alpha value is -1.24. The van der Waals surface area contributed by atoms with Crippen LogP contribution in [-0.4, -0.2) is 6.61 Å². The summed E-state index contributed by atoms with van der Waals surface area (Å²) in [5, 5.41) is 0. The summed E-state index contributed by atoms with van der Waals surface area (Å²) in [6, 6.07) is 10.2. The van der Waals surface area contributed by atoms with Gasteiger partial charge < -0.3 is 4.74 Å². The molecule has 0 fully saturated rings. The molecule has 2 unspecified atom stereocenters. The van der Waals surface area contributed by atoms with Crippen LogP contribution < -0.4 is 4.74 Å². The molecule has 1 nitrogen and oxygen atoms in total. The summed E-state index contributed by atoms with van der Waals surface area (Å²) in [7, 11) is 0. The minimum atomic E-state index is 0.792. The van der Waals surface area contributed by atoms with Crippen LogP contribution in [0.5, 0.6) is 5.75 Å². The van der Waals surface area contributed by atoms with Crippen LogP contribution in [0, 0.1) is 11.8 Å². The summed E-state index contributed by atoms with van der Waals surface area (Å²) < 4.78 is 5.88. The van der Waals surface area contributed by atoms with E-state index in [2.05, 4.69) is 19.9 Å². The fourth-order valence-corrected chi connectivity index (χ4v) is 4.30. The van der Waals surface area contributed by atoms with E-state index in [-0.39, 0.29) is 0 Å². The van der Waals surface area contributed by atoms with Crippen molar-refractivity contribution in [1.82, 2.24) is 0 Å². The summed E-state index contributed by atoms with van der Waals surface area (Å²) in [6.45, 7) is 5.47. The number of unbranched alkanes of at least 4 members (excludes halogenated alkanes) is 3. The molecule has 1 aromatic rings. The number of ether oxygens (including phenoxy) is 1. The van der Waals surface area contributed by atoms with Gasteiger partial charge in [-0.15, -0.1) is 0 Å². The molecule has 0 spiro atoms. The topological polar surface area (TPSA) is 9.23 Å². The highest BCUT2D eigenvalue weighted by molar-refractivity contribution is 5.20. The summed E-state index contributed by atoms with van der Waals surface area (Å²) >= 11 is 0. The molecule has 1 heteroatoms. The van der Waals surface area contributed by atoms with Crippen molar-refractivity contribution in [3.63, 3.8) is 0 Å². The lowest BCUT2D eigenvalue weighted by molar-refractivity contribution is 0.291. The third-order valence-electron chi connectivity index (χ3n) is 5.89. The van der Waals surface area contributed by atoms with Gasteiger partial charge in [-0.05, 0) is 62.5 Å². The monoisotopic (exact) mass is 356 g/mol. The molecule has 0 amide bonds. The third-order valence-corrected chi connectivity index (χ3v) is 5.89. The van der Waals surface area contributed by atoms with Gasteiger partial charge in [0.15, 0.2) is 0 Å². The first kappa shape index (κ1) is 21.1. The van der Waals surface area contributed by atoms with Crippen molar-refractivity contribution in [2.45, 2.75) is 90.9 Å². The van der Waals surface area contributed by atoms with E-state index in [0.29, 0.717) is 0 Å². The highest BCUT2D eigenvalue weighted by Crippen LogP contribution is 2.34. The van der Waals surface area contributed by atoms with Gasteiger partial charge in [0.25, 0.3) is 0 Å². The first-order valence-corrected chi connectivity index (χ1v) is 11.2. The molecule has 0 heterocycles. The summed E-state index contributed by atoms with van der Waals surface area (Å²) in [5.74, 6) is 2.75. The molecule has 0 saturated carbocycles. The first-order valence-electron chi connectivity index (χ1n) is 11.2. The molecule has 0 aromatic heterocycles. The van der Waals surface area contributed by atoms with Crippen molar-refractivity contribution in [2.24, 2.45) is 11.8 Å². The molecule has 26 heavy (non-hydrogen) atoms. The maximum atomic E-state index is 5.88. The van der Waals surface area contributed by atoms with Gasteiger partial charge in [-0.3, -0.25) is 0 Å². The Kier molecular flexibility index (Phi) is 10.5. The molecular formula is C25H40O. The lowest BCUT2D eigenvalue weighted by atomic mass is 9.79. The highest BCUT2D eigenvalue weighted by atomic mass is 16.5. The van der Waals surface area contributed by atoms with Gasteiger partial charge in [-0.1, -0.05) is 82.2 Å². The molecule has 0 aliphatic heterocycles. The van der Waals surface area contributed by atoms with E-state index < -0.39 is 0 Å². The molecule has 1 aliphatic carbocycles. The van der Waals surface area contributed by atoms with Crippen LogP contribution in [0.1, 0.15) is 90.9 Å². The fourth-order valence-electron chi connectivity index (χ4n) is 4.30. The average molecular weight is 357 g/mol. The van der Waals surface area contributed by atoms with Crippen molar-refractivity contribution >= 4 is 0 Å². The Bertz CT molecular complexity index is 490. The van der Waals surface area contributed by atoms with Gasteiger partial charge >= 0.3 is 0 Å². The summed E-state index contributed by atoms with van der Waals surface area (Å²) in [4.78, 5) is 0. The number of hydrogen-bond donors (Lipinski definition) is 0. The quantitative estimate of drug-likeness (QED) is 0.257. The summed E-state index contributed by atoms with van der Waals surface area (Å²) in [5.41, 5.74) is 1.76. The van der Waals surface area contributed by atoms with Crippen LogP contribution in [0.3, 0.4) is 0 Å². The average Bonchev–Trinajstić information content (AvgIpc) is 2.69. The predicted molar refractivity (Wildman–Crippen MR) is 114 cm³/mol. The van der Waals surface area contributed by atoms with Crippen molar-refractivity contribution in [3.05, 3.63) is 42.0 Å². The van der Waals surface area contributed by atoms with E-state index in [4.69, 9.17) is 4.74 Å². The Labute approximate surface area is 162 Å². The number of benzene rings is 1.